The number of aryl methyl sites for hydroxylation is 1. The van der Waals surface area contributed by atoms with Crippen molar-refractivity contribution in [3.8, 4) is 5.75 Å². The van der Waals surface area contributed by atoms with Crippen LogP contribution >= 0.6 is 0 Å². The van der Waals surface area contributed by atoms with Crippen molar-refractivity contribution in [3.63, 3.8) is 0 Å². The van der Waals surface area contributed by atoms with Crippen molar-refractivity contribution >= 4 is 9.84 Å². The maximum atomic E-state index is 11.9. The van der Waals surface area contributed by atoms with Crippen LogP contribution in [0.5, 0.6) is 5.75 Å². The molecular formula is C14H21NO3S. The van der Waals surface area contributed by atoms with Crippen LogP contribution in [0.1, 0.15) is 30.5 Å². The summed E-state index contributed by atoms with van der Waals surface area (Å²) in [5.41, 5.74) is 2.27. The maximum Gasteiger partial charge on any atom is 0.152 e. The molecule has 0 aromatic heterocycles. The van der Waals surface area contributed by atoms with E-state index >= 15 is 0 Å². The summed E-state index contributed by atoms with van der Waals surface area (Å²) in [5.74, 6) is 0.826. The summed E-state index contributed by atoms with van der Waals surface area (Å²) >= 11 is 0. The van der Waals surface area contributed by atoms with E-state index in [1.807, 2.05) is 25.1 Å². The molecule has 2 unspecified atom stereocenters. The highest BCUT2D eigenvalue weighted by molar-refractivity contribution is 7.91. The molecule has 19 heavy (non-hydrogen) atoms. The molecule has 1 aromatic rings. The zero-order valence-electron chi connectivity index (χ0n) is 11.6. The minimum Gasteiger partial charge on any atom is -0.497 e. The zero-order chi connectivity index (χ0) is 14.0. The fourth-order valence-electron chi connectivity index (χ4n) is 2.82. The molecule has 5 heteroatoms. The molecule has 0 aliphatic heterocycles. The Kier molecular flexibility index (Phi) is 4.16. The molecule has 0 amide bonds. The molecule has 1 aromatic carbocycles. The van der Waals surface area contributed by atoms with Gasteiger partial charge in [0.05, 0.1) is 12.4 Å². The number of methoxy groups -OCH3 is 1. The highest BCUT2D eigenvalue weighted by atomic mass is 32.2. The molecule has 1 aliphatic rings. The number of rotatable bonds is 4. The first-order valence-electron chi connectivity index (χ1n) is 6.56. The van der Waals surface area contributed by atoms with Gasteiger partial charge in [0.2, 0.25) is 0 Å². The first kappa shape index (κ1) is 14.3. The minimum absolute atomic E-state index is 0.116. The Morgan fingerprint density at radius 1 is 1.42 bits per heavy atom. The third-order valence-corrected chi connectivity index (χ3v) is 5.34. The fraction of sp³-hybridized carbons (Fsp3) is 0.571. The smallest absolute Gasteiger partial charge is 0.152 e. The fourth-order valence-corrected chi connectivity index (χ4v) is 4.10. The van der Waals surface area contributed by atoms with Gasteiger partial charge in [-0.25, -0.2) is 8.42 Å². The van der Waals surface area contributed by atoms with E-state index in [-0.39, 0.29) is 11.3 Å². The van der Waals surface area contributed by atoms with Gasteiger partial charge in [-0.2, -0.15) is 0 Å². The van der Waals surface area contributed by atoms with E-state index in [2.05, 4.69) is 5.32 Å². The van der Waals surface area contributed by atoms with Crippen molar-refractivity contribution in [2.45, 2.75) is 31.1 Å². The Balaban J connectivity index is 2.43. The van der Waals surface area contributed by atoms with Crippen molar-refractivity contribution < 1.29 is 13.2 Å². The number of hydrogen-bond acceptors (Lipinski definition) is 4. The number of benzene rings is 1. The summed E-state index contributed by atoms with van der Waals surface area (Å²) < 4.78 is 29.1. The monoisotopic (exact) mass is 283 g/mol. The Morgan fingerprint density at radius 3 is 2.74 bits per heavy atom. The van der Waals surface area contributed by atoms with Crippen LogP contribution in [0.3, 0.4) is 0 Å². The molecule has 0 spiro atoms. The number of nitrogens with one attached hydrogen (secondary N) is 1. The van der Waals surface area contributed by atoms with Crippen LogP contribution in [0.25, 0.3) is 0 Å². The Hall–Kier alpha value is -1.07. The van der Waals surface area contributed by atoms with E-state index in [1.54, 1.807) is 7.11 Å². The van der Waals surface area contributed by atoms with Crippen molar-refractivity contribution in [1.82, 2.24) is 5.32 Å². The van der Waals surface area contributed by atoms with Crippen LogP contribution in [-0.4, -0.2) is 33.6 Å². The van der Waals surface area contributed by atoms with E-state index in [0.717, 1.165) is 24.3 Å². The zero-order valence-corrected chi connectivity index (χ0v) is 12.5. The number of ether oxygens (including phenoxy) is 1. The van der Waals surface area contributed by atoms with Gasteiger partial charge in [0.15, 0.2) is 9.84 Å². The number of sulfone groups is 1. The van der Waals surface area contributed by atoms with Gasteiger partial charge in [-0.15, -0.1) is 0 Å². The predicted molar refractivity (Wildman–Crippen MR) is 76.4 cm³/mol. The van der Waals surface area contributed by atoms with Crippen molar-refractivity contribution in [3.05, 3.63) is 29.3 Å². The lowest BCUT2D eigenvalue weighted by Gasteiger charge is -2.33. The van der Waals surface area contributed by atoms with Crippen LogP contribution in [-0.2, 0) is 16.3 Å². The molecule has 0 heterocycles. The van der Waals surface area contributed by atoms with Crippen LogP contribution in [0.4, 0.5) is 0 Å². The predicted octanol–water partition coefficient (Wildman–Crippen LogP) is 1.71. The lowest BCUT2D eigenvalue weighted by Crippen LogP contribution is -2.40. The molecule has 0 radical (unpaired) electrons. The van der Waals surface area contributed by atoms with Gasteiger partial charge >= 0.3 is 0 Å². The number of hydrogen-bond donors (Lipinski definition) is 1. The van der Waals surface area contributed by atoms with Gasteiger partial charge < -0.3 is 10.1 Å². The Morgan fingerprint density at radius 2 is 2.16 bits per heavy atom. The molecule has 0 bridgehead atoms. The molecule has 0 fully saturated rings. The summed E-state index contributed by atoms with van der Waals surface area (Å²) in [4.78, 5) is 0. The highest BCUT2D eigenvalue weighted by Gasteiger charge is 2.35. The molecule has 106 valence electrons. The molecule has 1 aliphatic carbocycles. The Labute approximate surface area is 115 Å². The summed E-state index contributed by atoms with van der Waals surface area (Å²) in [6, 6.07) is 5.78. The minimum atomic E-state index is -3.05. The average Bonchev–Trinajstić information content (AvgIpc) is 2.37. The Bertz CT molecular complexity index is 554. The summed E-state index contributed by atoms with van der Waals surface area (Å²) in [6.45, 7) is 2.75. The number of fused-ring (bicyclic) bond motifs is 1. The van der Waals surface area contributed by atoms with E-state index in [9.17, 15) is 8.42 Å². The molecular weight excluding hydrogens is 262 g/mol. The van der Waals surface area contributed by atoms with E-state index in [1.165, 1.54) is 11.8 Å². The molecule has 2 rings (SSSR count). The second-order valence-corrected chi connectivity index (χ2v) is 7.27. The first-order chi connectivity index (χ1) is 8.97. The van der Waals surface area contributed by atoms with E-state index in [0.29, 0.717) is 6.42 Å². The van der Waals surface area contributed by atoms with Gasteiger partial charge in [0.1, 0.15) is 5.75 Å². The highest BCUT2D eigenvalue weighted by Crippen LogP contribution is 2.35. The topological polar surface area (TPSA) is 55.4 Å². The normalized spacial score (nSPS) is 22.9. The van der Waals surface area contributed by atoms with Crippen molar-refractivity contribution in [2.24, 2.45) is 0 Å². The van der Waals surface area contributed by atoms with Gasteiger partial charge in [-0.05, 0) is 42.6 Å². The standard InChI is InChI=1S/C14H21NO3S/c1-4-15-14-12-7-6-11(18-2)9-10(12)5-8-13(14)19(3,16)17/h6-7,9,13-15H,4-5,8H2,1-3H3. The third-order valence-electron chi connectivity index (χ3n) is 3.73. The lowest BCUT2D eigenvalue weighted by atomic mass is 9.87. The van der Waals surface area contributed by atoms with Crippen LogP contribution in [0.15, 0.2) is 18.2 Å². The van der Waals surface area contributed by atoms with Gasteiger partial charge in [0, 0.05) is 12.3 Å². The van der Waals surface area contributed by atoms with Crippen LogP contribution < -0.4 is 10.1 Å². The average molecular weight is 283 g/mol. The van der Waals surface area contributed by atoms with Gasteiger partial charge in [-0.1, -0.05) is 13.0 Å². The summed E-state index contributed by atoms with van der Waals surface area (Å²) in [6.07, 6.45) is 2.78. The van der Waals surface area contributed by atoms with E-state index < -0.39 is 9.84 Å². The first-order valence-corrected chi connectivity index (χ1v) is 8.52. The second-order valence-electron chi connectivity index (χ2n) is 5.01. The second kappa shape index (κ2) is 5.51. The van der Waals surface area contributed by atoms with Crippen molar-refractivity contribution in [1.29, 1.82) is 0 Å². The summed E-state index contributed by atoms with van der Waals surface area (Å²) in [7, 11) is -1.40. The molecule has 4 nitrogen and oxygen atoms in total. The molecule has 2 atom stereocenters. The van der Waals surface area contributed by atoms with Gasteiger partial charge in [-0.3, -0.25) is 0 Å². The third kappa shape index (κ3) is 2.92. The largest absolute Gasteiger partial charge is 0.497 e. The molecule has 1 N–H and O–H groups in total. The summed E-state index contributed by atoms with van der Waals surface area (Å²) in [5, 5.41) is 2.98. The van der Waals surface area contributed by atoms with Gasteiger partial charge in [0.25, 0.3) is 0 Å². The van der Waals surface area contributed by atoms with E-state index in [4.69, 9.17) is 4.74 Å². The van der Waals surface area contributed by atoms with Crippen molar-refractivity contribution in [2.75, 3.05) is 19.9 Å². The van der Waals surface area contributed by atoms with Crippen LogP contribution in [0.2, 0.25) is 0 Å². The molecule has 0 saturated heterocycles. The maximum absolute atomic E-state index is 11.9. The SMILES string of the molecule is CCNC1c2ccc(OC)cc2CCC1S(C)(=O)=O. The quantitative estimate of drug-likeness (QED) is 0.914. The van der Waals surface area contributed by atoms with Crippen LogP contribution in [0, 0.1) is 0 Å². The molecule has 0 saturated carbocycles. The lowest BCUT2D eigenvalue weighted by molar-refractivity contribution is 0.411.